The van der Waals surface area contributed by atoms with E-state index in [-0.39, 0.29) is 0 Å². The van der Waals surface area contributed by atoms with E-state index in [0.29, 0.717) is 34.9 Å². The molecule has 0 N–H and O–H groups in total. The minimum atomic E-state index is 0.627. The van der Waals surface area contributed by atoms with E-state index in [1.165, 1.54) is 128 Å². The van der Waals surface area contributed by atoms with Crippen LogP contribution in [0.25, 0.3) is 241 Å². The van der Waals surface area contributed by atoms with E-state index in [4.69, 9.17) is 29.9 Å². The molecule has 0 saturated heterocycles. The average Bonchev–Trinajstić information content (AvgIpc) is 1.57. The molecule has 0 spiro atoms. The highest BCUT2D eigenvalue weighted by Gasteiger charge is 2.24. The van der Waals surface area contributed by atoms with E-state index in [1.807, 2.05) is 144 Å². The topological polar surface area (TPSA) is 97.1 Å². The van der Waals surface area contributed by atoms with E-state index < -0.39 is 0 Å². The summed E-state index contributed by atoms with van der Waals surface area (Å²) >= 11 is 3.76. The van der Waals surface area contributed by atoms with Crippen molar-refractivity contribution in [1.29, 1.82) is 0 Å². The number of nitrogens with zero attached hydrogens (tertiary/aromatic N) is 10. The Hall–Kier alpha value is -16.4. The van der Waals surface area contributed by atoms with E-state index in [9.17, 15) is 0 Å². The molecule has 126 heavy (non-hydrogen) atoms. The number of aromatic nitrogens is 10. The Morgan fingerprint density at radius 1 is 0.151 bits per heavy atom. The van der Waals surface area contributed by atoms with Crippen LogP contribution < -0.4 is 0 Å². The van der Waals surface area contributed by atoms with E-state index in [2.05, 4.69) is 322 Å². The first-order valence-electron chi connectivity index (χ1n) is 42.4. The molecule has 0 atom stereocenters. The van der Waals surface area contributed by atoms with Crippen molar-refractivity contribution in [3.8, 4) is 113 Å². The van der Waals surface area contributed by atoms with Crippen molar-refractivity contribution in [3.05, 3.63) is 425 Å². The Morgan fingerprint density at radius 3 is 0.786 bits per heavy atom. The van der Waals surface area contributed by atoms with Gasteiger partial charge in [0.15, 0.2) is 34.9 Å². The van der Waals surface area contributed by atoms with Gasteiger partial charge in [-0.25, -0.2) is 29.9 Å². The summed E-state index contributed by atoms with van der Waals surface area (Å²) in [5.41, 5.74) is 24.3. The molecule has 0 radical (unpaired) electrons. The van der Waals surface area contributed by atoms with Gasteiger partial charge in [-0.3, -0.25) is 0 Å². The normalized spacial score (nSPS) is 11.8. The molecule has 588 valence electrons. The van der Waals surface area contributed by atoms with Crippen LogP contribution in [0.3, 0.4) is 0 Å². The van der Waals surface area contributed by atoms with Crippen LogP contribution in [0.4, 0.5) is 0 Å². The van der Waals surface area contributed by atoms with Crippen LogP contribution in [-0.4, -0.2) is 48.2 Å². The number of para-hydroxylation sites is 4. The zero-order valence-corrected chi connectivity index (χ0v) is 69.3. The molecule has 0 unspecified atom stereocenters. The minimum Gasteiger partial charge on any atom is -0.309 e. The van der Waals surface area contributed by atoms with Crippen molar-refractivity contribution in [3.63, 3.8) is 0 Å². The number of benzene rings is 18. The molecule has 0 aliphatic heterocycles. The smallest absolute Gasteiger partial charge is 0.164 e. The highest BCUT2D eigenvalue weighted by atomic mass is 32.1. The second-order valence-corrected chi connectivity index (χ2v) is 34.1. The molecule has 0 aliphatic rings. The predicted molar refractivity (Wildman–Crippen MR) is 526 cm³/mol. The minimum absolute atomic E-state index is 0.627. The Bertz CT molecular complexity index is 8730. The largest absolute Gasteiger partial charge is 0.309 e. The molecule has 0 saturated carbocycles. The van der Waals surface area contributed by atoms with Gasteiger partial charge in [0.05, 0.1) is 44.1 Å². The maximum Gasteiger partial charge on any atom is 0.164 e. The number of hydrogen-bond donors (Lipinski definition) is 0. The SMILES string of the molecule is c1ccc(-c2nc(-c3ccccc3)nc(-c3ccc(-n4c5ccccc5c5cc(-n6c7ccccc7c7cc(-c8cccc9c8sc8ccccc89)ccc76)ccc54)cc3)n2)cc1.c1ccc(-c2nc(-c3ccccc3)nc(-c3cccc(-n4c5ccccc5c5cc(-n6c7ccccc7c7cc(-c8cccc9c8sc8ccccc89)ccc76)ccc54)c3)n2)cc1. The molecule has 10 nitrogen and oxygen atoms in total. The average molecular weight is 1640 g/mol. The first-order chi connectivity index (χ1) is 62.5. The van der Waals surface area contributed by atoms with E-state index in [1.54, 1.807) is 0 Å². The standard InChI is InChI=1S/2C57H35N5S/c1-3-14-36(15-4-1)55-58-56(37-16-5-2-6-17-37)60-57(59-55)38-26-29-40(30-27-38)61-49-23-10-8-19-44(49)48-35-41(31-33-52(48)61)62-50-24-11-7-18-43(50)47-34-39(28-32-51(47)62)42-21-13-22-46-45-20-9-12-25-53(45)63-54(42)46;1-3-15-36(16-4-1)55-58-56(37-17-5-2-6-18-37)60-57(59-55)39-19-13-20-40(33-39)61-50-27-11-8-22-44(50)48-35-41(30-32-52(48)61)62-49-26-10-7-21-43(49)47-34-38(29-31-51(47)62)42-24-14-25-46-45-23-9-12-28-53(45)63-54(42)46/h2*1-35H. The Morgan fingerprint density at radius 2 is 0.405 bits per heavy atom. The van der Waals surface area contributed by atoms with Gasteiger partial charge in [-0.2, -0.15) is 0 Å². The first-order valence-corrected chi connectivity index (χ1v) is 44.0. The van der Waals surface area contributed by atoms with Crippen molar-refractivity contribution in [2.24, 2.45) is 0 Å². The number of thiophene rings is 2. The summed E-state index contributed by atoms with van der Waals surface area (Å²) in [6.45, 7) is 0. The summed E-state index contributed by atoms with van der Waals surface area (Å²) in [7, 11) is 0. The second kappa shape index (κ2) is 29.8. The van der Waals surface area contributed by atoms with Crippen LogP contribution in [0.5, 0.6) is 0 Å². The zero-order valence-electron chi connectivity index (χ0n) is 67.7. The monoisotopic (exact) mass is 1640 g/mol. The lowest BCUT2D eigenvalue weighted by Crippen LogP contribution is -2.01. The van der Waals surface area contributed by atoms with Gasteiger partial charge in [0.2, 0.25) is 0 Å². The number of hydrogen-bond acceptors (Lipinski definition) is 8. The summed E-state index contributed by atoms with van der Waals surface area (Å²) in [6.07, 6.45) is 0. The van der Waals surface area contributed by atoms with Gasteiger partial charge in [0.25, 0.3) is 0 Å². The summed E-state index contributed by atoms with van der Waals surface area (Å²) in [6, 6.07) is 151. The number of fused-ring (bicyclic) bond motifs is 18. The van der Waals surface area contributed by atoms with Crippen molar-refractivity contribution < 1.29 is 0 Å². The quantitative estimate of drug-likeness (QED) is 0.121. The zero-order chi connectivity index (χ0) is 82.9. The third kappa shape index (κ3) is 12.1. The van der Waals surface area contributed by atoms with Gasteiger partial charge in [-0.15, -0.1) is 22.7 Å². The summed E-state index contributed by atoms with van der Waals surface area (Å²) in [5.74, 6) is 3.85. The predicted octanol–water partition coefficient (Wildman–Crippen LogP) is 30.2. The Labute approximate surface area is 731 Å². The highest BCUT2D eigenvalue weighted by Crippen LogP contribution is 2.47. The molecular weight excluding hydrogens is 1570 g/mol. The van der Waals surface area contributed by atoms with Crippen LogP contribution >= 0.6 is 22.7 Å². The fourth-order valence-electron chi connectivity index (χ4n) is 19.0. The van der Waals surface area contributed by atoms with Crippen LogP contribution in [0, 0.1) is 0 Å². The summed E-state index contributed by atoms with van der Waals surface area (Å²) in [5, 5.41) is 15.0. The summed E-state index contributed by atoms with van der Waals surface area (Å²) in [4.78, 5) is 29.9. The fraction of sp³-hybridized carbons (Fsp3) is 0. The molecule has 26 aromatic rings. The molecular formula is C114H70N10S2. The first kappa shape index (κ1) is 72.4. The molecule has 26 rings (SSSR count). The van der Waals surface area contributed by atoms with E-state index in [0.717, 1.165) is 78.2 Å². The van der Waals surface area contributed by atoms with Crippen LogP contribution in [0.2, 0.25) is 0 Å². The van der Waals surface area contributed by atoms with E-state index >= 15 is 0 Å². The van der Waals surface area contributed by atoms with Crippen LogP contribution in [0.15, 0.2) is 425 Å². The van der Waals surface area contributed by atoms with Crippen molar-refractivity contribution in [1.82, 2.24) is 48.2 Å². The van der Waals surface area contributed by atoms with Crippen LogP contribution in [0.1, 0.15) is 0 Å². The number of rotatable bonds is 12. The van der Waals surface area contributed by atoms with Crippen molar-refractivity contribution in [2.75, 3.05) is 0 Å². The molecule has 8 heterocycles. The van der Waals surface area contributed by atoms with Gasteiger partial charge < -0.3 is 18.3 Å². The molecule has 0 aliphatic carbocycles. The van der Waals surface area contributed by atoms with Crippen LogP contribution in [-0.2, 0) is 0 Å². The third-order valence-corrected chi connectivity index (χ3v) is 27.2. The Kier molecular flexibility index (Phi) is 17.1. The van der Waals surface area contributed by atoms with Crippen molar-refractivity contribution in [2.45, 2.75) is 0 Å². The van der Waals surface area contributed by atoms with Gasteiger partial charge in [-0.05, 0) is 156 Å². The lowest BCUT2D eigenvalue weighted by atomic mass is 10.0. The molecule has 0 fully saturated rings. The molecule has 8 aromatic heterocycles. The highest BCUT2D eigenvalue weighted by molar-refractivity contribution is 7.26. The molecule has 12 heteroatoms. The second-order valence-electron chi connectivity index (χ2n) is 32.0. The molecule has 0 amide bonds. The van der Waals surface area contributed by atoms with Gasteiger partial charge in [0, 0.05) is 140 Å². The maximum absolute atomic E-state index is 5.05. The summed E-state index contributed by atoms with van der Waals surface area (Å²) < 4.78 is 14.9. The Balaban J connectivity index is 0.000000137. The maximum atomic E-state index is 5.05. The molecule has 18 aromatic carbocycles. The van der Waals surface area contributed by atoms with Gasteiger partial charge in [-0.1, -0.05) is 291 Å². The van der Waals surface area contributed by atoms with Gasteiger partial charge >= 0.3 is 0 Å². The lowest BCUT2D eigenvalue weighted by molar-refractivity contribution is 1.07. The third-order valence-electron chi connectivity index (χ3n) is 24.7. The van der Waals surface area contributed by atoms with Crippen molar-refractivity contribution >= 4 is 150 Å². The van der Waals surface area contributed by atoms with Gasteiger partial charge in [0.1, 0.15) is 0 Å². The molecule has 0 bridgehead atoms. The lowest BCUT2D eigenvalue weighted by Gasteiger charge is -2.12. The fourth-order valence-corrected chi connectivity index (χ4v) is 21.4.